The Kier molecular flexibility index (Phi) is 12.5. The minimum absolute atomic E-state index is 0.0411. The van der Waals surface area contributed by atoms with Crippen LogP contribution >= 0.6 is 0 Å². The molecule has 1 aliphatic heterocycles. The third-order valence-electron chi connectivity index (χ3n) is 5.66. The predicted octanol–water partition coefficient (Wildman–Crippen LogP) is 7.73. The molecule has 0 amide bonds. The van der Waals surface area contributed by atoms with Crippen molar-refractivity contribution >= 4 is 32.7 Å². The number of cyclic esters (lactones) is 1. The van der Waals surface area contributed by atoms with E-state index < -0.39 is 32.5 Å². The molecule has 0 aromatic carbocycles. The molecule has 4 nitrogen and oxygen atoms in total. The molecule has 6 heteroatoms. The number of hydrogen-bond donors (Lipinski definition) is 0. The fourth-order valence-electron chi connectivity index (χ4n) is 4.19. The zero-order valence-corrected chi connectivity index (χ0v) is 25.4. The quantitative estimate of drug-likeness (QED) is 0.152. The summed E-state index contributed by atoms with van der Waals surface area (Å²) in [4.78, 5) is 12.0. The van der Waals surface area contributed by atoms with Crippen LogP contribution in [0.5, 0.6) is 0 Å². The molecule has 0 spiro atoms. The molecule has 180 valence electrons. The molecule has 0 aromatic rings. The van der Waals surface area contributed by atoms with E-state index >= 15 is 0 Å². The van der Waals surface area contributed by atoms with Gasteiger partial charge in [0.15, 0.2) is 0 Å². The fourth-order valence-corrected chi connectivity index (χ4v) is 19.7. The molecule has 0 aromatic heterocycles. The molecule has 0 bridgehead atoms. The first kappa shape index (κ1) is 28.8. The summed E-state index contributed by atoms with van der Waals surface area (Å²) in [6.07, 6.45) is 12.3. The van der Waals surface area contributed by atoms with Crippen LogP contribution in [0.4, 0.5) is 0 Å². The normalized spacial score (nSPS) is 17.9. The summed E-state index contributed by atoms with van der Waals surface area (Å²) >= 11 is -2.39. The average Bonchev–Trinajstić information content (AvgIpc) is 2.64. The standard InChI is InChI=1S/C13H21O4Si.3C4H9.Sn/c1-7-10(17-18(4,5)6)8-11-9-12(14)16-13(2,3)15-11;3*1-3-4-2;/h1,7,9-10H,8H2,2-6H3;3*1,3-4H2,2H3;/t10-;;;;/m1..../s1. The van der Waals surface area contributed by atoms with E-state index in [0.717, 1.165) is 0 Å². The summed E-state index contributed by atoms with van der Waals surface area (Å²) in [6, 6.07) is 0. The van der Waals surface area contributed by atoms with Crippen molar-refractivity contribution in [2.45, 2.75) is 124 Å². The number of hydrogen-bond acceptors (Lipinski definition) is 4. The average molecular weight is 559 g/mol. The van der Waals surface area contributed by atoms with Gasteiger partial charge in [0.2, 0.25) is 0 Å². The van der Waals surface area contributed by atoms with Gasteiger partial charge in [0, 0.05) is 0 Å². The Balaban J connectivity index is 3.14. The summed E-state index contributed by atoms with van der Waals surface area (Å²) in [5.41, 5.74) is 0. The van der Waals surface area contributed by atoms with Gasteiger partial charge in [-0.2, -0.15) is 0 Å². The Morgan fingerprint density at radius 2 is 1.52 bits per heavy atom. The Morgan fingerprint density at radius 1 is 1.00 bits per heavy atom. The SMILES string of the molecule is CCC[CH2][Sn](/[CH]=C/[C@H](CC1=CC(=O)OC(C)(C)O1)O[Si](C)(C)C)([CH2]CCC)[CH2]CCC. The summed E-state index contributed by atoms with van der Waals surface area (Å²) in [7, 11) is -1.76. The van der Waals surface area contributed by atoms with E-state index in [0.29, 0.717) is 12.2 Å². The van der Waals surface area contributed by atoms with Gasteiger partial charge in [0.25, 0.3) is 0 Å². The van der Waals surface area contributed by atoms with Gasteiger partial charge in [0.1, 0.15) is 0 Å². The monoisotopic (exact) mass is 560 g/mol. The molecule has 0 N–H and O–H groups in total. The van der Waals surface area contributed by atoms with Crippen LogP contribution in [-0.2, 0) is 18.7 Å². The number of carbonyl (C=O) groups excluding carboxylic acids is 1. The summed E-state index contributed by atoms with van der Waals surface area (Å²) in [6.45, 7) is 17.2. The molecule has 0 unspecified atom stereocenters. The van der Waals surface area contributed by atoms with E-state index in [2.05, 4.69) is 50.6 Å². The second kappa shape index (κ2) is 13.4. The Hall–Kier alpha value is -0.274. The molecule has 0 fully saturated rings. The van der Waals surface area contributed by atoms with E-state index in [1.54, 1.807) is 13.8 Å². The van der Waals surface area contributed by atoms with Crippen LogP contribution in [-0.4, -0.2) is 44.6 Å². The summed E-state index contributed by atoms with van der Waals surface area (Å²) in [5, 5.41) is 0. The molecular formula is C25H48O4SiSn. The number of carbonyl (C=O) groups is 1. The van der Waals surface area contributed by atoms with Gasteiger partial charge in [-0.1, -0.05) is 0 Å². The van der Waals surface area contributed by atoms with Crippen molar-refractivity contribution in [3.63, 3.8) is 0 Å². The van der Waals surface area contributed by atoms with Crippen LogP contribution < -0.4 is 0 Å². The molecule has 1 atom stereocenters. The predicted molar refractivity (Wildman–Crippen MR) is 136 cm³/mol. The van der Waals surface area contributed by atoms with E-state index in [1.807, 2.05) is 0 Å². The molecule has 31 heavy (non-hydrogen) atoms. The molecule has 1 aliphatic rings. The van der Waals surface area contributed by atoms with Crippen LogP contribution in [0, 0.1) is 0 Å². The van der Waals surface area contributed by atoms with Crippen molar-refractivity contribution < 1.29 is 18.7 Å². The molecule has 0 radical (unpaired) electrons. The zero-order valence-electron chi connectivity index (χ0n) is 21.5. The number of rotatable bonds is 15. The Morgan fingerprint density at radius 3 is 1.94 bits per heavy atom. The number of esters is 1. The maximum absolute atomic E-state index is 12.0. The van der Waals surface area contributed by atoms with Crippen molar-refractivity contribution in [3.05, 3.63) is 22.0 Å². The second-order valence-corrected chi connectivity index (χ2v) is 28.0. The first-order chi connectivity index (χ1) is 14.4. The van der Waals surface area contributed by atoms with E-state index in [1.165, 1.54) is 57.9 Å². The molecule has 0 saturated heterocycles. The Labute approximate surface area is 197 Å². The topological polar surface area (TPSA) is 44.8 Å². The van der Waals surface area contributed by atoms with Gasteiger partial charge in [-0.15, -0.1) is 0 Å². The van der Waals surface area contributed by atoms with Crippen molar-refractivity contribution in [2.24, 2.45) is 0 Å². The maximum atomic E-state index is 12.0. The van der Waals surface area contributed by atoms with Crippen LogP contribution in [0.2, 0.25) is 33.0 Å². The number of unbranched alkanes of at least 4 members (excludes halogenated alkanes) is 3. The fraction of sp³-hybridized carbons (Fsp3) is 0.800. The third-order valence-corrected chi connectivity index (χ3v) is 20.8. The number of ether oxygens (including phenoxy) is 2. The van der Waals surface area contributed by atoms with E-state index in [4.69, 9.17) is 13.9 Å². The van der Waals surface area contributed by atoms with Gasteiger partial charge >= 0.3 is 198 Å². The summed E-state index contributed by atoms with van der Waals surface area (Å²) < 4.78 is 24.8. The Bertz CT molecular complexity index is 585. The molecule has 1 heterocycles. The van der Waals surface area contributed by atoms with Gasteiger partial charge in [-0.3, -0.25) is 0 Å². The molecule has 0 saturated carbocycles. The van der Waals surface area contributed by atoms with E-state index in [-0.39, 0.29) is 12.1 Å². The zero-order chi connectivity index (χ0) is 23.5. The van der Waals surface area contributed by atoms with Crippen LogP contribution in [0.25, 0.3) is 0 Å². The molecular weight excluding hydrogens is 511 g/mol. The van der Waals surface area contributed by atoms with Crippen molar-refractivity contribution in [2.75, 3.05) is 0 Å². The first-order valence-electron chi connectivity index (χ1n) is 12.4. The summed E-state index contributed by atoms with van der Waals surface area (Å²) in [5.74, 6) is -0.573. The van der Waals surface area contributed by atoms with E-state index in [9.17, 15) is 4.79 Å². The van der Waals surface area contributed by atoms with Gasteiger partial charge in [0.05, 0.1) is 0 Å². The van der Waals surface area contributed by atoms with Crippen LogP contribution in [0.1, 0.15) is 79.6 Å². The third kappa shape index (κ3) is 12.0. The van der Waals surface area contributed by atoms with Crippen molar-refractivity contribution in [3.8, 4) is 0 Å². The van der Waals surface area contributed by atoms with Gasteiger partial charge in [-0.25, -0.2) is 0 Å². The second-order valence-electron chi connectivity index (χ2n) is 10.5. The van der Waals surface area contributed by atoms with Gasteiger partial charge < -0.3 is 0 Å². The van der Waals surface area contributed by atoms with Crippen LogP contribution in [0.15, 0.2) is 22.0 Å². The first-order valence-corrected chi connectivity index (χ1v) is 23.5. The van der Waals surface area contributed by atoms with Gasteiger partial charge in [-0.05, 0) is 0 Å². The minimum atomic E-state index is -2.39. The molecule has 0 aliphatic carbocycles. The van der Waals surface area contributed by atoms with Crippen molar-refractivity contribution in [1.29, 1.82) is 0 Å². The van der Waals surface area contributed by atoms with Crippen molar-refractivity contribution in [1.82, 2.24) is 0 Å². The molecule has 1 rings (SSSR count). The van der Waals surface area contributed by atoms with Crippen LogP contribution in [0.3, 0.4) is 0 Å².